The molecule has 1 fully saturated rings. The van der Waals surface area contributed by atoms with Gasteiger partial charge in [-0.25, -0.2) is 8.78 Å². The van der Waals surface area contributed by atoms with Gasteiger partial charge in [-0.05, 0) is 48.2 Å². The topological polar surface area (TPSA) is 29.5 Å². The van der Waals surface area contributed by atoms with E-state index in [2.05, 4.69) is 0 Å². The lowest BCUT2D eigenvalue weighted by Crippen LogP contribution is -2.42. The largest absolute Gasteiger partial charge is 0.382 e. The van der Waals surface area contributed by atoms with Crippen molar-refractivity contribution in [3.05, 3.63) is 59.7 Å². The minimum atomic E-state index is -0.904. The van der Waals surface area contributed by atoms with E-state index < -0.39 is 11.6 Å². The molecule has 3 nitrogen and oxygen atoms in total. The van der Waals surface area contributed by atoms with Crippen molar-refractivity contribution in [2.45, 2.75) is 18.4 Å². The zero-order valence-electron chi connectivity index (χ0n) is 13.7. The lowest BCUT2D eigenvalue weighted by molar-refractivity contribution is 0.0551. The van der Waals surface area contributed by atoms with Gasteiger partial charge in [0.05, 0.1) is 12.1 Å². The molecule has 0 bridgehead atoms. The lowest BCUT2D eigenvalue weighted by Gasteiger charge is -2.27. The summed E-state index contributed by atoms with van der Waals surface area (Å²) in [6, 6.07) is 10.7. The van der Waals surface area contributed by atoms with E-state index in [1.165, 1.54) is 6.07 Å². The van der Waals surface area contributed by atoms with Crippen molar-refractivity contribution in [3.63, 3.8) is 0 Å². The molecule has 0 spiro atoms. The predicted molar refractivity (Wildman–Crippen MR) is 87.7 cm³/mol. The van der Waals surface area contributed by atoms with Crippen LogP contribution in [0.3, 0.4) is 0 Å². The second-order valence-corrected chi connectivity index (χ2v) is 6.23. The zero-order chi connectivity index (χ0) is 17.3. The number of methoxy groups -OCH3 is 1. The zero-order valence-corrected chi connectivity index (χ0v) is 13.7. The molecule has 0 unspecified atom stereocenters. The van der Waals surface area contributed by atoms with Crippen molar-refractivity contribution >= 4 is 5.91 Å². The van der Waals surface area contributed by atoms with Crippen LogP contribution in [-0.2, 0) is 4.74 Å². The number of halogens is 2. The Labute approximate surface area is 139 Å². The molecule has 24 heavy (non-hydrogen) atoms. The van der Waals surface area contributed by atoms with Crippen LogP contribution in [0.2, 0.25) is 0 Å². The monoisotopic (exact) mass is 331 g/mol. The maximum Gasteiger partial charge on any atom is 0.254 e. The third-order valence-electron chi connectivity index (χ3n) is 4.62. The number of carbonyl (C=O) groups excluding carboxylic acids is 1. The molecule has 0 N–H and O–H groups in total. The molecule has 0 atom stereocenters. The molecule has 2 aromatic carbocycles. The van der Waals surface area contributed by atoms with Crippen molar-refractivity contribution in [3.8, 4) is 11.1 Å². The van der Waals surface area contributed by atoms with E-state index in [-0.39, 0.29) is 11.4 Å². The van der Waals surface area contributed by atoms with Crippen molar-refractivity contribution < 1.29 is 18.3 Å². The minimum Gasteiger partial charge on any atom is -0.382 e. The maximum atomic E-state index is 13.4. The van der Waals surface area contributed by atoms with Crippen molar-refractivity contribution in [1.29, 1.82) is 0 Å². The van der Waals surface area contributed by atoms with Gasteiger partial charge >= 0.3 is 0 Å². The fourth-order valence-electron chi connectivity index (χ4n) is 2.91. The van der Waals surface area contributed by atoms with Crippen LogP contribution in [0.15, 0.2) is 42.5 Å². The molecule has 5 heteroatoms. The fourth-order valence-corrected chi connectivity index (χ4v) is 2.91. The lowest BCUT2D eigenvalue weighted by atomic mass is 10.0. The first-order chi connectivity index (χ1) is 11.5. The van der Waals surface area contributed by atoms with E-state index in [1.807, 2.05) is 0 Å². The highest BCUT2D eigenvalue weighted by molar-refractivity contribution is 5.96. The molecule has 1 aliphatic carbocycles. The molecular weight excluding hydrogens is 312 g/mol. The van der Waals surface area contributed by atoms with E-state index in [0.29, 0.717) is 23.3 Å². The predicted octanol–water partition coefficient (Wildman–Crippen LogP) is 3.88. The standard InChI is InChI=1S/C19H19F2NO2/c1-22(19(8-9-19)12-24-2)18(23)15-5-3-4-13(10-15)14-6-7-16(20)17(21)11-14/h3-7,10-11H,8-9,12H2,1-2H3. The van der Waals surface area contributed by atoms with Crippen LogP contribution in [0.1, 0.15) is 23.2 Å². The van der Waals surface area contributed by atoms with E-state index in [1.54, 1.807) is 43.3 Å². The number of benzene rings is 2. The Balaban J connectivity index is 1.87. The summed E-state index contributed by atoms with van der Waals surface area (Å²) in [5.74, 6) is -1.90. The molecular formula is C19H19F2NO2. The van der Waals surface area contributed by atoms with Gasteiger partial charge in [0.25, 0.3) is 5.91 Å². The van der Waals surface area contributed by atoms with E-state index >= 15 is 0 Å². The van der Waals surface area contributed by atoms with Gasteiger partial charge in [0.2, 0.25) is 0 Å². The van der Waals surface area contributed by atoms with Gasteiger partial charge in [0.1, 0.15) is 0 Å². The molecule has 0 heterocycles. The summed E-state index contributed by atoms with van der Waals surface area (Å²) in [6.07, 6.45) is 1.85. The Morgan fingerprint density at radius 3 is 2.46 bits per heavy atom. The second-order valence-electron chi connectivity index (χ2n) is 6.23. The molecule has 2 aromatic rings. The van der Waals surface area contributed by atoms with Crippen LogP contribution < -0.4 is 0 Å². The first-order valence-electron chi connectivity index (χ1n) is 7.79. The number of carbonyl (C=O) groups is 1. The third-order valence-corrected chi connectivity index (χ3v) is 4.62. The van der Waals surface area contributed by atoms with Crippen LogP contribution in [0.4, 0.5) is 8.78 Å². The van der Waals surface area contributed by atoms with Crippen molar-refractivity contribution in [2.24, 2.45) is 0 Å². The Hall–Kier alpha value is -2.27. The number of hydrogen-bond acceptors (Lipinski definition) is 2. The van der Waals surface area contributed by atoms with Gasteiger partial charge in [-0.3, -0.25) is 4.79 Å². The average Bonchev–Trinajstić information content (AvgIpc) is 3.37. The molecule has 3 rings (SSSR count). The summed E-state index contributed by atoms with van der Waals surface area (Å²) in [5, 5.41) is 0. The summed E-state index contributed by atoms with van der Waals surface area (Å²) in [5.41, 5.74) is 1.50. The van der Waals surface area contributed by atoms with Crippen molar-refractivity contribution in [2.75, 3.05) is 20.8 Å². The van der Waals surface area contributed by atoms with E-state index in [9.17, 15) is 13.6 Å². The quantitative estimate of drug-likeness (QED) is 0.832. The highest BCUT2D eigenvalue weighted by Gasteiger charge is 2.48. The highest BCUT2D eigenvalue weighted by atomic mass is 19.2. The molecule has 0 saturated heterocycles. The summed E-state index contributed by atoms with van der Waals surface area (Å²) >= 11 is 0. The van der Waals surface area contributed by atoms with Crippen LogP contribution in [0.5, 0.6) is 0 Å². The molecule has 0 aromatic heterocycles. The number of likely N-dealkylation sites (N-methyl/N-ethyl adjacent to an activating group) is 1. The first-order valence-corrected chi connectivity index (χ1v) is 7.79. The highest BCUT2D eigenvalue weighted by Crippen LogP contribution is 2.41. The third kappa shape index (κ3) is 3.04. The van der Waals surface area contributed by atoms with Crippen LogP contribution in [-0.4, -0.2) is 37.1 Å². The fraction of sp³-hybridized carbons (Fsp3) is 0.316. The summed E-state index contributed by atoms with van der Waals surface area (Å²) in [6.45, 7) is 0.512. The summed E-state index contributed by atoms with van der Waals surface area (Å²) in [4.78, 5) is 14.5. The molecule has 1 amide bonds. The van der Waals surface area contributed by atoms with Gasteiger partial charge < -0.3 is 9.64 Å². The summed E-state index contributed by atoms with van der Waals surface area (Å²) in [7, 11) is 3.40. The van der Waals surface area contributed by atoms with Gasteiger partial charge in [0, 0.05) is 19.7 Å². The molecule has 0 radical (unpaired) electrons. The Morgan fingerprint density at radius 2 is 1.83 bits per heavy atom. The summed E-state index contributed by atoms with van der Waals surface area (Å²) < 4.78 is 31.8. The Morgan fingerprint density at radius 1 is 1.12 bits per heavy atom. The van der Waals surface area contributed by atoms with Gasteiger partial charge in [-0.2, -0.15) is 0 Å². The maximum absolute atomic E-state index is 13.4. The average molecular weight is 331 g/mol. The number of nitrogens with zero attached hydrogens (tertiary/aromatic N) is 1. The SMILES string of the molecule is COCC1(N(C)C(=O)c2cccc(-c3ccc(F)c(F)c3)c2)CC1. The van der Waals surface area contributed by atoms with E-state index in [4.69, 9.17) is 4.74 Å². The first kappa shape index (κ1) is 16.6. The minimum absolute atomic E-state index is 0.103. The van der Waals surface area contributed by atoms with Crippen LogP contribution in [0.25, 0.3) is 11.1 Å². The number of rotatable bonds is 5. The Bertz CT molecular complexity index is 772. The van der Waals surface area contributed by atoms with E-state index in [0.717, 1.165) is 25.0 Å². The molecule has 0 aliphatic heterocycles. The number of amides is 1. The Kier molecular flexibility index (Phi) is 4.37. The van der Waals surface area contributed by atoms with Crippen molar-refractivity contribution in [1.82, 2.24) is 4.90 Å². The van der Waals surface area contributed by atoms with Crippen LogP contribution >= 0.6 is 0 Å². The normalized spacial score (nSPS) is 15.2. The molecule has 126 valence electrons. The van der Waals surface area contributed by atoms with Gasteiger partial charge in [-0.15, -0.1) is 0 Å². The number of ether oxygens (including phenoxy) is 1. The van der Waals surface area contributed by atoms with Crippen LogP contribution in [0, 0.1) is 11.6 Å². The smallest absolute Gasteiger partial charge is 0.254 e. The van der Waals surface area contributed by atoms with Gasteiger partial charge in [-0.1, -0.05) is 18.2 Å². The molecule has 1 saturated carbocycles. The number of hydrogen-bond donors (Lipinski definition) is 0. The second kappa shape index (κ2) is 6.32. The van der Waals surface area contributed by atoms with Gasteiger partial charge in [0.15, 0.2) is 11.6 Å². The molecule has 1 aliphatic rings.